The van der Waals surface area contributed by atoms with Crippen LogP contribution < -0.4 is 10.5 Å². The molecule has 2 aromatic rings. The molecule has 3 rings (SSSR count). The molecule has 18 heavy (non-hydrogen) atoms. The Kier molecular flexibility index (Phi) is 2.74. The van der Waals surface area contributed by atoms with Gasteiger partial charge in [-0.3, -0.25) is 0 Å². The summed E-state index contributed by atoms with van der Waals surface area (Å²) in [6.07, 6.45) is 3.47. The van der Waals surface area contributed by atoms with E-state index < -0.39 is 0 Å². The lowest BCUT2D eigenvalue weighted by Gasteiger charge is -2.41. The maximum Gasteiger partial charge on any atom is 0.180 e. The molecule has 1 aromatic carbocycles. The van der Waals surface area contributed by atoms with Gasteiger partial charge in [0.15, 0.2) is 5.13 Å². The van der Waals surface area contributed by atoms with Crippen molar-refractivity contribution in [3.63, 3.8) is 0 Å². The highest BCUT2D eigenvalue weighted by molar-refractivity contribution is 7.13. The maximum atomic E-state index is 5.78. The summed E-state index contributed by atoms with van der Waals surface area (Å²) in [5.41, 5.74) is 8.13. The molecule has 2 N–H and O–H groups in total. The third-order valence-electron chi connectivity index (χ3n) is 3.84. The fraction of sp³-hybridized carbons (Fsp3) is 0.357. The quantitative estimate of drug-likeness (QED) is 0.922. The van der Waals surface area contributed by atoms with Crippen LogP contribution in [0, 0.1) is 0 Å². The molecule has 0 spiro atoms. The number of thiazole rings is 1. The van der Waals surface area contributed by atoms with Crippen molar-refractivity contribution in [2.45, 2.75) is 24.7 Å². The third kappa shape index (κ3) is 1.60. The Morgan fingerprint density at radius 3 is 2.67 bits per heavy atom. The standard InChI is InChI=1S/C14H16N2OS/c1-17-11-6-3-2-5-10(11)14(7-4-8-14)12-9-18-13(15)16-12/h2-3,5-6,9H,4,7-8H2,1H3,(H2,15,16). The number of benzene rings is 1. The molecule has 0 saturated heterocycles. The Labute approximate surface area is 111 Å². The van der Waals surface area contributed by atoms with Gasteiger partial charge in [0.05, 0.1) is 12.8 Å². The highest BCUT2D eigenvalue weighted by atomic mass is 32.1. The van der Waals surface area contributed by atoms with Crippen molar-refractivity contribution in [3.8, 4) is 5.75 Å². The van der Waals surface area contributed by atoms with Gasteiger partial charge in [0.25, 0.3) is 0 Å². The first-order valence-electron chi connectivity index (χ1n) is 6.11. The summed E-state index contributed by atoms with van der Waals surface area (Å²) < 4.78 is 5.50. The molecular formula is C14H16N2OS. The van der Waals surface area contributed by atoms with E-state index in [-0.39, 0.29) is 5.41 Å². The zero-order valence-corrected chi connectivity index (χ0v) is 11.2. The second kappa shape index (κ2) is 4.28. The number of nitrogens with zero attached hydrogens (tertiary/aromatic N) is 1. The molecule has 0 radical (unpaired) electrons. The molecule has 1 aliphatic rings. The summed E-state index contributed by atoms with van der Waals surface area (Å²) in [6, 6.07) is 8.23. The van der Waals surface area contributed by atoms with E-state index in [0.717, 1.165) is 24.3 Å². The number of nitrogen functional groups attached to an aromatic ring is 1. The third-order valence-corrected chi connectivity index (χ3v) is 4.52. The van der Waals surface area contributed by atoms with Crippen molar-refractivity contribution in [2.24, 2.45) is 0 Å². The summed E-state index contributed by atoms with van der Waals surface area (Å²) in [5.74, 6) is 0.948. The topological polar surface area (TPSA) is 48.1 Å². The molecule has 3 nitrogen and oxygen atoms in total. The molecule has 0 amide bonds. The molecule has 1 aliphatic carbocycles. The summed E-state index contributed by atoms with van der Waals surface area (Å²) in [7, 11) is 1.72. The highest BCUT2D eigenvalue weighted by Gasteiger charge is 2.43. The number of hydrogen-bond donors (Lipinski definition) is 1. The molecule has 4 heteroatoms. The first-order valence-corrected chi connectivity index (χ1v) is 6.99. The van der Waals surface area contributed by atoms with E-state index in [4.69, 9.17) is 10.5 Å². The predicted molar refractivity (Wildman–Crippen MR) is 74.2 cm³/mol. The van der Waals surface area contributed by atoms with Gasteiger partial charge in [-0.25, -0.2) is 4.98 Å². The number of rotatable bonds is 3. The fourth-order valence-electron chi connectivity index (χ4n) is 2.74. The molecule has 1 aromatic heterocycles. The average molecular weight is 260 g/mol. The van der Waals surface area contributed by atoms with Crippen LogP contribution in [0.3, 0.4) is 0 Å². The van der Waals surface area contributed by atoms with Crippen molar-refractivity contribution in [1.29, 1.82) is 0 Å². The van der Waals surface area contributed by atoms with Crippen LogP contribution >= 0.6 is 11.3 Å². The molecule has 0 unspecified atom stereocenters. The Hall–Kier alpha value is -1.55. The minimum Gasteiger partial charge on any atom is -0.496 e. The van der Waals surface area contributed by atoms with E-state index >= 15 is 0 Å². The van der Waals surface area contributed by atoms with Crippen molar-refractivity contribution >= 4 is 16.5 Å². The lowest BCUT2D eigenvalue weighted by Crippen LogP contribution is -2.36. The molecular weight excluding hydrogens is 244 g/mol. The van der Waals surface area contributed by atoms with Gasteiger partial charge in [0.2, 0.25) is 0 Å². The van der Waals surface area contributed by atoms with Crippen LogP contribution in [0.2, 0.25) is 0 Å². The summed E-state index contributed by atoms with van der Waals surface area (Å²) in [6.45, 7) is 0. The zero-order chi connectivity index (χ0) is 12.6. The number of methoxy groups -OCH3 is 1. The number of anilines is 1. The molecule has 1 saturated carbocycles. The smallest absolute Gasteiger partial charge is 0.180 e. The van der Waals surface area contributed by atoms with E-state index in [9.17, 15) is 0 Å². The van der Waals surface area contributed by atoms with E-state index in [1.807, 2.05) is 12.1 Å². The van der Waals surface area contributed by atoms with Gasteiger partial charge in [-0.2, -0.15) is 0 Å². The molecule has 0 bridgehead atoms. The number of ether oxygens (including phenoxy) is 1. The van der Waals surface area contributed by atoms with Crippen molar-refractivity contribution in [3.05, 3.63) is 40.9 Å². The van der Waals surface area contributed by atoms with E-state index in [2.05, 4.69) is 22.5 Å². The first kappa shape index (κ1) is 11.5. The molecule has 94 valence electrons. The van der Waals surface area contributed by atoms with Crippen LogP contribution in [-0.4, -0.2) is 12.1 Å². The van der Waals surface area contributed by atoms with E-state index in [1.165, 1.54) is 23.3 Å². The van der Waals surface area contributed by atoms with Gasteiger partial charge in [-0.15, -0.1) is 11.3 Å². The van der Waals surface area contributed by atoms with Gasteiger partial charge in [-0.05, 0) is 18.9 Å². The number of hydrogen-bond acceptors (Lipinski definition) is 4. The van der Waals surface area contributed by atoms with Crippen molar-refractivity contribution in [1.82, 2.24) is 4.98 Å². The largest absolute Gasteiger partial charge is 0.496 e. The Balaban J connectivity index is 2.11. The fourth-order valence-corrected chi connectivity index (χ4v) is 3.40. The van der Waals surface area contributed by atoms with Crippen LogP contribution in [0.5, 0.6) is 5.75 Å². The minimum absolute atomic E-state index is 0.0146. The summed E-state index contributed by atoms with van der Waals surface area (Å²) >= 11 is 1.51. The van der Waals surface area contributed by atoms with Crippen LogP contribution in [0.1, 0.15) is 30.5 Å². The molecule has 1 heterocycles. The van der Waals surface area contributed by atoms with Gasteiger partial charge in [-0.1, -0.05) is 24.6 Å². The highest BCUT2D eigenvalue weighted by Crippen LogP contribution is 2.51. The van der Waals surface area contributed by atoms with Crippen LogP contribution in [0.25, 0.3) is 0 Å². The van der Waals surface area contributed by atoms with E-state index in [1.54, 1.807) is 7.11 Å². The van der Waals surface area contributed by atoms with Crippen molar-refractivity contribution in [2.75, 3.05) is 12.8 Å². The normalized spacial score (nSPS) is 17.2. The predicted octanol–water partition coefficient (Wildman–Crippen LogP) is 3.20. The SMILES string of the molecule is COc1ccccc1C1(c2csc(N)n2)CCC1. The van der Waals surface area contributed by atoms with E-state index in [0.29, 0.717) is 5.13 Å². The lowest BCUT2D eigenvalue weighted by atomic mass is 9.62. The second-order valence-electron chi connectivity index (χ2n) is 4.71. The zero-order valence-electron chi connectivity index (χ0n) is 10.3. The monoisotopic (exact) mass is 260 g/mol. The number of nitrogens with two attached hydrogens (primary N) is 1. The van der Waals surface area contributed by atoms with Gasteiger partial charge in [0.1, 0.15) is 5.75 Å². The van der Waals surface area contributed by atoms with Crippen LogP contribution in [-0.2, 0) is 5.41 Å². The number of para-hydroxylation sites is 1. The van der Waals surface area contributed by atoms with Gasteiger partial charge < -0.3 is 10.5 Å². The Morgan fingerprint density at radius 1 is 1.33 bits per heavy atom. The molecule has 0 atom stereocenters. The Morgan fingerprint density at radius 2 is 2.11 bits per heavy atom. The average Bonchev–Trinajstić information content (AvgIpc) is 2.75. The second-order valence-corrected chi connectivity index (χ2v) is 5.60. The van der Waals surface area contributed by atoms with Crippen LogP contribution in [0.4, 0.5) is 5.13 Å². The summed E-state index contributed by atoms with van der Waals surface area (Å²) in [4.78, 5) is 4.50. The lowest BCUT2D eigenvalue weighted by molar-refractivity contribution is 0.282. The maximum absolute atomic E-state index is 5.78. The van der Waals surface area contributed by atoms with Gasteiger partial charge in [0, 0.05) is 16.4 Å². The number of aromatic nitrogens is 1. The minimum atomic E-state index is 0.0146. The van der Waals surface area contributed by atoms with Crippen LogP contribution in [0.15, 0.2) is 29.6 Å². The molecule has 0 aliphatic heterocycles. The van der Waals surface area contributed by atoms with Crippen molar-refractivity contribution < 1.29 is 4.74 Å². The summed E-state index contributed by atoms with van der Waals surface area (Å²) in [5, 5.41) is 2.73. The Bertz CT molecular complexity index is 560. The van der Waals surface area contributed by atoms with Gasteiger partial charge >= 0.3 is 0 Å². The molecule has 1 fully saturated rings. The first-order chi connectivity index (χ1) is 8.76.